The van der Waals surface area contributed by atoms with Crippen molar-refractivity contribution >= 4 is 28.9 Å². The van der Waals surface area contributed by atoms with Crippen LogP contribution in [0.4, 0.5) is 5.69 Å². The SMILES string of the molecule is Clc1ccccc1C(c1ccccc1Cl)N1C2CCC1CC(CNc1ccccc1)C2. The summed E-state index contributed by atoms with van der Waals surface area (Å²) in [6.45, 7) is 1.04. The number of fused-ring (bicyclic) bond motifs is 2. The lowest BCUT2D eigenvalue weighted by atomic mass is 9.86. The van der Waals surface area contributed by atoms with Gasteiger partial charge in [0.25, 0.3) is 0 Å². The Morgan fingerprint density at radius 3 is 1.81 bits per heavy atom. The van der Waals surface area contributed by atoms with E-state index in [0.717, 1.165) is 27.7 Å². The Bertz CT molecular complexity index is 963. The molecule has 31 heavy (non-hydrogen) atoms. The van der Waals surface area contributed by atoms with Crippen LogP contribution in [0.1, 0.15) is 42.9 Å². The molecule has 2 aliphatic rings. The lowest BCUT2D eigenvalue weighted by Crippen LogP contribution is -2.46. The molecule has 5 rings (SSSR count). The normalized spacial score (nSPS) is 23.3. The number of para-hydroxylation sites is 1. The van der Waals surface area contributed by atoms with E-state index in [1.807, 2.05) is 24.3 Å². The third kappa shape index (κ3) is 4.35. The minimum Gasteiger partial charge on any atom is -0.385 e. The summed E-state index contributed by atoms with van der Waals surface area (Å²) in [6, 6.07) is 28.3. The van der Waals surface area contributed by atoms with Gasteiger partial charge in [0.05, 0.1) is 6.04 Å². The van der Waals surface area contributed by atoms with Crippen LogP contribution in [0.25, 0.3) is 0 Å². The van der Waals surface area contributed by atoms with E-state index in [1.165, 1.54) is 31.4 Å². The summed E-state index contributed by atoms with van der Waals surface area (Å²) in [6.07, 6.45) is 4.92. The summed E-state index contributed by atoms with van der Waals surface area (Å²) in [5, 5.41) is 5.29. The first-order valence-electron chi connectivity index (χ1n) is 11.3. The van der Waals surface area contributed by atoms with Gasteiger partial charge in [0.1, 0.15) is 0 Å². The number of piperidine rings is 1. The first-order valence-corrected chi connectivity index (χ1v) is 12.0. The van der Waals surface area contributed by atoms with E-state index >= 15 is 0 Å². The van der Waals surface area contributed by atoms with E-state index in [9.17, 15) is 0 Å². The highest BCUT2D eigenvalue weighted by Crippen LogP contribution is 2.48. The zero-order valence-corrected chi connectivity index (χ0v) is 19.1. The fourth-order valence-corrected chi connectivity index (χ4v) is 6.09. The Kier molecular flexibility index (Phi) is 6.22. The minimum absolute atomic E-state index is 0.0999. The Labute approximate surface area is 195 Å². The second-order valence-corrected chi connectivity index (χ2v) is 9.68. The molecule has 0 aromatic heterocycles. The molecule has 2 aliphatic heterocycles. The highest BCUT2D eigenvalue weighted by molar-refractivity contribution is 6.32. The van der Waals surface area contributed by atoms with E-state index in [2.05, 4.69) is 64.8 Å². The standard InChI is InChI=1S/C27H28Cl2N2/c28-25-12-6-4-10-23(25)27(24-11-5-7-13-26(24)29)31-21-14-15-22(31)17-19(16-21)18-30-20-8-2-1-3-9-20/h1-13,19,21-22,27,30H,14-18H2. The molecule has 2 fully saturated rings. The first kappa shape index (κ1) is 20.9. The van der Waals surface area contributed by atoms with Gasteiger partial charge in [0, 0.05) is 34.4 Å². The molecule has 0 aliphatic carbocycles. The number of nitrogens with zero attached hydrogens (tertiary/aromatic N) is 1. The third-order valence-electron chi connectivity index (χ3n) is 6.95. The van der Waals surface area contributed by atoms with E-state index in [4.69, 9.17) is 23.2 Å². The van der Waals surface area contributed by atoms with E-state index in [-0.39, 0.29) is 6.04 Å². The van der Waals surface area contributed by atoms with Crippen molar-refractivity contribution < 1.29 is 0 Å². The predicted molar refractivity (Wildman–Crippen MR) is 131 cm³/mol. The van der Waals surface area contributed by atoms with Gasteiger partial charge in [-0.05, 0) is 67.0 Å². The van der Waals surface area contributed by atoms with Crippen LogP contribution >= 0.6 is 23.2 Å². The van der Waals surface area contributed by atoms with E-state index in [0.29, 0.717) is 18.0 Å². The van der Waals surface area contributed by atoms with E-state index < -0.39 is 0 Å². The summed E-state index contributed by atoms with van der Waals surface area (Å²) in [7, 11) is 0. The zero-order chi connectivity index (χ0) is 21.2. The highest BCUT2D eigenvalue weighted by Gasteiger charge is 2.45. The molecular formula is C27H28Cl2N2. The van der Waals surface area contributed by atoms with Crippen LogP contribution in [0.5, 0.6) is 0 Å². The van der Waals surface area contributed by atoms with E-state index in [1.54, 1.807) is 0 Å². The maximum Gasteiger partial charge on any atom is 0.0635 e. The van der Waals surface area contributed by atoms with Gasteiger partial charge >= 0.3 is 0 Å². The number of benzene rings is 3. The van der Waals surface area contributed by atoms with Crippen LogP contribution in [-0.4, -0.2) is 23.5 Å². The van der Waals surface area contributed by atoms with Crippen LogP contribution in [0.2, 0.25) is 10.0 Å². The molecule has 3 aromatic carbocycles. The highest BCUT2D eigenvalue weighted by atomic mass is 35.5. The monoisotopic (exact) mass is 450 g/mol. The largest absolute Gasteiger partial charge is 0.385 e. The Morgan fingerprint density at radius 1 is 0.742 bits per heavy atom. The van der Waals surface area contributed by atoms with Gasteiger partial charge in [-0.15, -0.1) is 0 Å². The topological polar surface area (TPSA) is 15.3 Å². The number of anilines is 1. The summed E-state index contributed by atoms with van der Waals surface area (Å²) < 4.78 is 0. The third-order valence-corrected chi connectivity index (χ3v) is 7.64. The summed E-state index contributed by atoms with van der Waals surface area (Å²) in [4.78, 5) is 2.72. The van der Waals surface area contributed by atoms with Crippen LogP contribution in [0.3, 0.4) is 0 Å². The Balaban J connectivity index is 1.41. The van der Waals surface area contributed by atoms with Crippen molar-refractivity contribution in [1.82, 2.24) is 4.90 Å². The molecule has 2 atom stereocenters. The number of rotatable bonds is 6. The van der Waals surface area contributed by atoms with Gasteiger partial charge < -0.3 is 5.32 Å². The summed E-state index contributed by atoms with van der Waals surface area (Å²) in [5.74, 6) is 0.687. The maximum atomic E-state index is 6.72. The molecule has 160 valence electrons. The molecule has 2 nitrogen and oxygen atoms in total. The molecule has 2 heterocycles. The quantitative estimate of drug-likeness (QED) is 0.419. The summed E-state index contributed by atoms with van der Waals surface area (Å²) in [5.41, 5.74) is 3.53. The van der Waals surface area contributed by atoms with Crippen molar-refractivity contribution in [2.45, 2.75) is 43.8 Å². The zero-order valence-electron chi connectivity index (χ0n) is 17.6. The molecule has 0 amide bonds. The van der Waals surface area contributed by atoms with Gasteiger partial charge in [-0.3, -0.25) is 4.90 Å². The fourth-order valence-electron chi connectivity index (χ4n) is 5.61. The molecule has 0 spiro atoms. The van der Waals surface area contributed by atoms with Crippen LogP contribution in [0, 0.1) is 5.92 Å². The second kappa shape index (κ2) is 9.24. The average Bonchev–Trinajstić information content (AvgIpc) is 3.04. The van der Waals surface area contributed by atoms with Gasteiger partial charge in [0.2, 0.25) is 0 Å². The van der Waals surface area contributed by atoms with Crippen molar-refractivity contribution in [3.8, 4) is 0 Å². The second-order valence-electron chi connectivity index (χ2n) is 8.86. The number of hydrogen-bond donors (Lipinski definition) is 1. The summed E-state index contributed by atoms with van der Waals surface area (Å²) >= 11 is 13.4. The molecule has 0 radical (unpaired) electrons. The Hall–Kier alpha value is -2.00. The molecule has 0 saturated carbocycles. The van der Waals surface area contributed by atoms with Crippen molar-refractivity contribution in [3.63, 3.8) is 0 Å². The molecule has 2 unspecified atom stereocenters. The lowest BCUT2D eigenvalue weighted by molar-refractivity contribution is 0.0777. The minimum atomic E-state index is 0.0999. The predicted octanol–water partition coefficient (Wildman–Crippen LogP) is 7.44. The van der Waals surface area contributed by atoms with Crippen molar-refractivity contribution in [1.29, 1.82) is 0 Å². The molecule has 2 saturated heterocycles. The number of nitrogens with one attached hydrogen (secondary N) is 1. The van der Waals surface area contributed by atoms with Crippen LogP contribution in [0.15, 0.2) is 78.9 Å². The number of halogens is 2. The van der Waals surface area contributed by atoms with Gasteiger partial charge in [0.15, 0.2) is 0 Å². The Morgan fingerprint density at radius 2 is 1.26 bits per heavy atom. The molecular weight excluding hydrogens is 423 g/mol. The van der Waals surface area contributed by atoms with Crippen molar-refractivity contribution in [2.75, 3.05) is 11.9 Å². The van der Waals surface area contributed by atoms with Crippen LogP contribution < -0.4 is 5.32 Å². The van der Waals surface area contributed by atoms with Gasteiger partial charge in [-0.25, -0.2) is 0 Å². The van der Waals surface area contributed by atoms with Crippen LogP contribution in [-0.2, 0) is 0 Å². The van der Waals surface area contributed by atoms with Gasteiger partial charge in [-0.2, -0.15) is 0 Å². The fraction of sp³-hybridized carbons (Fsp3) is 0.333. The smallest absolute Gasteiger partial charge is 0.0635 e. The van der Waals surface area contributed by atoms with Crippen molar-refractivity contribution in [2.24, 2.45) is 5.92 Å². The van der Waals surface area contributed by atoms with Gasteiger partial charge in [-0.1, -0.05) is 77.8 Å². The molecule has 4 heteroatoms. The average molecular weight is 451 g/mol. The first-order chi connectivity index (χ1) is 15.2. The molecule has 3 aromatic rings. The maximum absolute atomic E-state index is 6.72. The number of hydrogen-bond acceptors (Lipinski definition) is 2. The molecule has 1 N–H and O–H groups in total. The van der Waals surface area contributed by atoms with Crippen molar-refractivity contribution in [3.05, 3.63) is 100 Å². The lowest BCUT2D eigenvalue weighted by Gasteiger charge is -2.44. The molecule has 2 bridgehead atoms.